The molecule has 6 heteroatoms. The highest BCUT2D eigenvalue weighted by Crippen LogP contribution is 2.23. The van der Waals surface area contributed by atoms with Crippen LogP contribution in [0.3, 0.4) is 0 Å². The van der Waals surface area contributed by atoms with Crippen LogP contribution in [0, 0.1) is 0 Å². The lowest BCUT2D eigenvalue weighted by molar-refractivity contribution is -0.139. The first-order valence-corrected chi connectivity index (χ1v) is 9.55. The third-order valence-electron chi connectivity index (χ3n) is 5.29. The topological polar surface area (TPSA) is 61.9 Å². The molecular weight excluding hydrogens is 330 g/mol. The van der Waals surface area contributed by atoms with E-state index in [1.54, 1.807) is 0 Å². The normalized spacial score (nSPS) is 19.6. The second kappa shape index (κ2) is 7.98. The molecule has 26 heavy (non-hydrogen) atoms. The lowest BCUT2D eigenvalue weighted by atomic mass is 10.0. The third-order valence-corrected chi connectivity index (χ3v) is 5.29. The molecule has 1 aromatic carbocycles. The van der Waals surface area contributed by atoms with Crippen LogP contribution in [0.5, 0.6) is 5.75 Å². The first-order chi connectivity index (χ1) is 12.5. The van der Waals surface area contributed by atoms with Gasteiger partial charge in [0.1, 0.15) is 5.75 Å². The molecule has 1 aromatic rings. The van der Waals surface area contributed by atoms with Gasteiger partial charge in [-0.2, -0.15) is 0 Å². The Morgan fingerprint density at radius 3 is 2.54 bits per heavy atom. The molecule has 2 aliphatic heterocycles. The zero-order valence-electron chi connectivity index (χ0n) is 15.9. The van der Waals surface area contributed by atoms with Gasteiger partial charge in [0.25, 0.3) is 5.91 Å². The maximum atomic E-state index is 12.7. The van der Waals surface area contributed by atoms with Gasteiger partial charge in [-0.25, -0.2) is 4.79 Å². The first-order valence-electron chi connectivity index (χ1n) is 9.55. The number of carbonyl (C=O) groups is 2. The molecule has 6 nitrogen and oxygen atoms in total. The maximum Gasteiger partial charge on any atom is 0.317 e. The maximum absolute atomic E-state index is 12.7. The molecule has 2 aliphatic rings. The van der Waals surface area contributed by atoms with Crippen LogP contribution in [0.1, 0.15) is 45.1 Å². The minimum atomic E-state index is -0.510. The standard InChI is InChI=1S/C20H29N3O3/c1-14(2)16-5-4-6-18(13-16)26-15(3)19(24)22-10-7-17(8-11-22)23-12-9-21-20(23)25/h4-6,13-15,17H,7-12H2,1-3H3,(H,21,25)/t15-/m1/s1. The van der Waals surface area contributed by atoms with Gasteiger partial charge in [0.05, 0.1) is 0 Å². The fourth-order valence-electron chi connectivity index (χ4n) is 3.69. The van der Waals surface area contributed by atoms with Gasteiger partial charge in [-0.3, -0.25) is 4.79 Å². The first kappa shape index (κ1) is 18.5. The number of piperidine rings is 1. The van der Waals surface area contributed by atoms with Crippen molar-refractivity contribution in [2.45, 2.75) is 51.7 Å². The highest BCUT2D eigenvalue weighted by atomic mass is 16.5. The summed E-state index contributed by atoms with van der Waals surface area (Å²) in [5.41, 5.74) is 1.20. The van der Waals surface area contributed by atoms with Gasteiger partial charge in [0.15, 0.2) is 6.10 Å². The van der Waals surface area contributed by atoms with E-state index < -0.39 is 6.10 Å². The molecule has 0 spiro atoms. The largest absolute Gasteiger partial charge is 0.481 e. The number of nitrogens with one attached hydrogen (secondary N) is 1. The van der Waals surface area contributed by atoms with E-state index in [2.05, 4.69) is 25.2 Å². The summed E-state index contributed by atoms with van der Waals surface area (Å²) < 4.78 is 5.90. The number of amides is 3. The summed E-state index contributed by atoms with van der Waals surface area (Å²) in [5.74, 6) is 1.18. The quantitative estimate of drug-likeness (QED) is 0.879. The smallest absolute Gasteiger partial charge is 0.317 e. The van der Waals surface area contributed by atoms with E-state index in [1.807, 2.05) is 34.9 Å². The van der Waals surface area contributed by atoms with Crippen LogP contribution >= 0.6 is 0 Å². The average molecular weight is 359 g/mol. The van der Waals surface area contributed by atoms with E-state index in [4.69, 9.17) is 4.74 Å². The van der Waals surface area contributed by atoms with Gasteiger partial charge in [-0.05, 0) is 43.4 Å². The number of likely N-dealkylation sites (tertiary alicyclic amines) is 1. The number of ether oxygens (including phenoxy) is 1. The predicted octanol–water partition coefficient (Wildman–Crippen LogP) is 2.59. The lowest BCUT2D eigenvalue weighted by Gasteiger charge is -2.37. The molecule has 1 N–H and O–H groups in total. The van der Waals surface area contributed by atoms with Crippen LogP contribution in [0.2, 0.25) is 0 Å². The number of benzene rings is 1. The molecule has 0 saturated carbocycles. The molecule has 2 saturated heterocycles. The Bertz CT molecular complexity index is 653. The van der Waals surface area contributed by atoms with Crippen LogP contribution < -0.4 is 10.1 Å². The zero-order chi connectivity index (χ0) is 18.7. The summed E-state index contributed by atoms with van der Waals surface area (Å²) in [7, 11) is 0. The van der Waals surface area contributed by atoms with Gasteiger partial charge < -0.3 is 19.9 Å². The van der Waals surface area contributed by atoms with Crippen molar-refractivity contribution >= 4 is 11.9 Å². The third kappa shape index (κ3) is 4.11. The number of urea groups is 1. The van der Waals surface area contributed by atoms with Crippen molar-refractivity contribution in [3.8, 4) is 5.75 Å². The van der Waals surface area contributed by atoms with E-state index in [-0.39, 0.29) is 18.0 Å². The van der Waals surface area contributed by atoms with Crippen LogP contribution in [0.25, 0.3) is 0 Å². The molecule has 0 unspecified atom stereocenters. The van der Waals surface area contributed by atoms with E-state index in [9.17, 15) is 9.59 Å². The fraction of sp³-hybridized carbons (Fsp3) is 0.600. The highest BCUT2D eigenvalue weighted by molar-refractivity contribution is 5.81. The molecule has 0 radical (unpaired) electrons. The van der Waals surface area contributed by atoms with Crippen LogP contribution in [0.4, 0.5) is 4.79 Å². The van der Waals surface area contributed by atoms with Crippen LogP contribution in [-0.2, 0) is 4.79 Å². The van der Waals surface area contributed by atoms with Gasteiger partial charge in [0, 0.05) is 32.2 Å². The molecule has 0 aromatic heterocycles. The summed E-state index contributed by atoms with van der Waals surface area (Å²) in [5, 5.41) is 2.85. The summed E-state index contributed by atoms with van der Waals surface area (Å²) in [6.07, 6.45) is 1.15. The molecule has 3 rings (SSSR count). The molecular formula is C20H29N3O3. The number of nitrogens with zero attached hydrogens (tertiary/aromatic N) is 2. The van der Waals surface area contributed by atoms with Gasteiger partial charge >= 0.3 is 6.03 Å². The van der Waals surface area contributed by atoms with Crippen molar-refractivity contribution in [2.75, 3.05) is 26.2 Å². The fourth-order valence-corrected chi connectivity index (χ4v) is 3.69. The van der Waals surface area contributed by atoms with E-state index in [0.717, 1.165) is 31.7 Å². The molecule has 0 aliphatic carbocycles. The summed E-state index contributed by atoms with van der Waals surface area (Å²) in [6, 6.07) is 8.20. The number of rotatable bonds is 5. The molecule has 2 heterocycles. The summed E-state index contributed by atoms with van der Waals surface area (Å²) in [6.45, 7) is 8.92. The molecule has 2 fully saturated rings. The second-order valence-corrected chi connectivity index (χ2v) is 7.47. The summed E-state index contributed by atoms with van der Waals surface area (Å²) >= 11 is 0. The van der Waals surface area contributed by atoms with Crippen molar-refractivity contribution in [3.05, 3.63) is 29.8 Å². The Balaban J connectivity index is 1.53. The van der Waals surface area contributed by atoms with Gasteiger partial charge in [-0.15, -0.1) is 0 Å². The van der Waals surface area contributed by atoms with Crippen molar-refractivity contribution in [3.63, 3.8) is 0 Å². The minimum absolute atomic E-state index is 0.0178. The van der Waals surface area contributed by atoms with Gasteiger partial charge in [-0.1, -0.05) is 26.0 Å². The van der Waals surface area contributed by atoms with E-state index in [0.29, 0.717) is 19.0 Å². The summed E-state index contributed by atoms with van der Waals surface area (Å²) in [4.78, 5) is 28.3. The SMILES string of the molecule is CC(C)c1cccc(O[C@H](C)C(=O)N2CCC(N3CCNC3=O)CC2)c1. The second-order valence-electron chi connectivity index (χ2n) is 7.47. The number of hydrogen-bond donors (Lipinski definition) is 1. The molecule has 3 amide bonds. The van der Waals surface area contributed by atoms with Crippen molar-refractivity contribution < 1.29 is 14.3 Å². The van der Waals surface area contributed by atoms with E-state index in [1.165, 1.54) is 5.56 Å². The van der Waals surface area contributed by atoms with Crippen molar-refractivity contribution in [1.82, 2.24) is 15.1 Å². The predicted molar refractivity (Wildman–Crippen MR) is 100 cm³/mol. The number of hydrogen-bond acceptors (Lipinski definition) is 3. The highest BCUT2D eigenvalue weighted by Gasteiger charge is 2.33. The molecule has 1 atom stereocenters. The van der Waals surface area contributed by atoms with Gasteiger partial charge in [0.2, 0.25) is 0 Å². The number of carbonyl (C=O) groups excluding carboxylic acids is 2. The lowest BCUT2D eigenvalue weighted by Crippen LogP contribution is -2.50. The minimum Gasteiger partial charge on any atom is -0.481 e. The molecule has 0 bridgehead atoms. The van der Waals surface area contributed by atoms with E-state index >= 15 is 0 Å². The van der Waals surface area contributed by atoms with Crippen molar-refractivity contribution in [1.29, 1.82) is 0 Å². The molecule has 142 valence electrons. The Kier molecular flexibility index (Phi) is 5.69. The Labute approximate surface area is 155 Å². The van der Waals surface area contributed by atoms with Crippen LogP contribution in [-0.4, -0.2) is 60.1 Å². The zero-order valence-corrected chi connectivity index (χ0v) is 15.9. The average Bonchev–Trinajstić information content (AvgIpc) is 3.07. The van der Waals surface area contributed by atoms with Crippen molar-refractivity contribution in [2.24, 2.45) is 0 Å². The Morgan fingerprint density at radius 1 is 1.19 bits per heavy atom. The Hall–Kier alpha value is -2.24. The Morgan fingerprint density at radius 2 is 1.92 bits per heavy atom. The van der Waals surface area contributed by atoms with Crippen LogP contribution in [0.15, 0.2) is 24.3 Å². The monoisotopic (exact) mass is 359 g/mol.